The molecule has 0 aliphatic rings. The molecule has 74 valence electrons. The number of hydrogen-bond acceptors (Lipinski definition) is 0. The van der Waals surface area contributed by atoms with Crippen molar-refractivity contribution >= 4 is 0 Å². The average molecular weight is 186 g/mol. The predicted octanol–water partition coefficient (Wildman–Crippen LogP) is 4.06. The van der Waals surface area contributed by atoms with E-state index in [1.54, 1.807) is 0 Å². The van der Waals surface area contributed by atoms with Gasteiger partial charge in [-0.05, 0) is 32.3 Å². The first kappa shape index (κ1) is 10.8. The first-order valence-electron chi connectivity index (χ1n) is 5.09. The number of aryl methyl sites for hydroxylation is 2. The van der Waals surface area contributed by atoms with Crippen molar-refractivity contribution < 1.29 is 0 Å². The second kappa shape index (κ2) is 5.43. The summed E-state index contributed by atoms with van der Waals surface area (Å²) in [5.41, 5.74) is 4.05. The highest BCUT2D eigenvalue weighted by Crippen LogP contribution is 2.10. The molecular weight excluding hydrogens is 168 g/mol. The molecule has 0 N–H and O–H groups in total. The third-order valence-corrected chi connectivity index (χ3v) is 2.46. The molecule has 0 nitrogen and oxygen atoms in total. The van der Waals surface area contributed by atoms with Crippen molar-refractivity contribution in [3.8, 4) is 0 Å². The van der Waals surface area contributed by atoms with Crippen molar-refractivity contribution in [2.45, 2.75) is 26.7 Å². The average Bonchev–Trinajstić information content (AvgIpc) is 2.22. The molecule has 14 heavy (non-hydrogen) atoms. The van der Waals surface area contributed by atoms with Crippen LogP contribution in [0.3, 0.4) is 0 Å². The Hall–Kier alpha value is -1.30. The van der Waals surface area contributed by atoms with Gasteiger partial charge in [0.2, 0.25) is 0 Å². The Bertz CT molecular complexity index is 314. The summed E-state index contributed by atoms with van der Waals surface area (Å²) in [6.07, 6.45) is 6.25. The van der Waals surface area contributed by atoms with E-state index in [2.05, 4.69) is 50.8 Å². The summed E-state index contributed by atoms with van der Waals surface area (Å²) in [5.74, 6) is 0. The maximum atomic E-state index is 3.79. The van der Waals surface area contributed by atoms with Crippen LogP contribution in [0.4, 0.5) is 0 Å². The van der Waals surface area contributed by atoms with Crippen LogP contribution in [-0.4, -0.2) is 0 Å². The van der Waals surface area contributed by atoms with Gasteiger partial charge in [-0.3, -0.25) is 0 Å². The number of hydrogen-bond donors (Lipinski definition) is 0. The topological polar surface area (TPSA) is 0 Å². The van der Waals surface area contributed by atoms with Gasteiger partial charge < -0.3 is 0 Å². The van der Waals surface area contributed by atoms with Crippen LogP contribution >= 0.6 is 0 Å². The molecular formula is C14H18. The van der Waals surface area contributed by atoms with E-state index in [-0.39, 0.29) is 0 Å². The van der Waals surface area contributed by atoms with Gasteiger partial charge in [0.25, 0.3) is 0 Å². The molecule has 0 aromatic heterocycles. The van der Waals surface area contributed by atoms with Gasteiger partial charge in [-0.25, -0.2) is 0 Å². The second-order valence-corrected chi connectivity index (χ2v) is 3.55. The zero-order valence-electron chi connectivity index (χ0n) is 9.09. The molecule has 0 amide bonds. The zero-order valence-corrected chi connectivity index (χ0v) is 9.09. The molecule has 1 aromatic carbocycles. The fourth-order valence-electron chi connectivity index (χ4n) is 1.41. The highest BCUT2D eigenvalue weighted by molar-refractivity contribution is 5.23. The Morgan fingerprint density at radius 2 is 1.93 bits per heavy atom. The highest BCUT2D eigenvalue weighted by Gasteiger charge is 1.94. The van der Waals surface area contributed by atoms with Crippen molar-refractivity contribution in [2.24, 2.45) is 0 Å². The lowest BCUT2D eigenvalue weighted by Gasteiger charge is -2.02. The van der Waals surface area contributed by atoms with E-state index in [0.717, 1.165) is 12.8 Å². The van der Waals surface area contributed by atoms with E-state index in [0.29, 0.717) is 0 Å². The van der Waals surface area contributed by atoms with Crippen LogP contribution in [0.25, 0.3) is 0 Å². The van der Waals surface area contributed by atoms with E-state index < -0.39 is 0 Å². The Kier molecular flexibility index (Phi) is 4.18. The van der Waals surface area contributed by atoms with E-state index in [9.17, 15) is 0 Å². The van der Waals surface area contributed by atoms with E-state index >= 15 is 0 Å². The summed E-state index contributed by atoms with van der Waals surface area (Å²) in [6, 6.07) is 8.73. The molecule has 1 aromatic rings. The zero-order chi connectivity index (χ0) is 10.4. The summed E-state index contributed by atoms with van der Waals surface area (Å²) in [7, 11) is 0. The predicted molar refractivity (Wildman–Crippen MR) is 63.5 cm³/mol. The lowest BCUT2D eigenvalue weighted by atomic mass is 10.0. The molecule has 0 saturated heterocycles. The fraction of sp³-hybridized carbons (Fsp3) is 0.286. The maximum absolute atomic E-state index is 3.79. The third-order valence-electron chi connectivity index (χ3n) is 2.46. The van der Waals surface area contributed by atoms with Crippen LogP contribution in [0.15, 0.2) is 48.6 Å². The summed E-state index contributed by atoms with van der Waals surface area (Å²) in [5, 5.41) is 0. The first-order chi connectivity index (χ1) is 6.76. The van der Waals surface area contributed by atoms with Crippen LogP contribution in [0.2, 0.25) is 0 Å². The van der Waals surface area contributed by atoms with Crippen LogP contribution in [0.1, 0.15) is 24.5 Å². The van der Waals surface area contributed by atoms with Crippen LogP contribution < -0.4 is 0 Å². The van der Waals surface area contributed by atoms with Gasteiger partial charge in [-0.2, -0.15) is 0 Å². The number of rotatable bonds is 4. The summed E-state index contributed by atoms with van der Waals surface area (Å²) in [4.78, 5) is 0. The van der Waals surface area contributed by atoms with Crippen molar-refractivity contribution in [1.82, 2.24) is 0 Å². The van der Waals surface area contributed by atoms with Crippen LogP contribution in [-0.2, 0) is 6.42 Å². The molecule has 0 atom stereocenters. The van der Waals surface area contributed by atoms with Crippen LogP contribution in [0, 0.1) is 6.92 Å². The minimum absolute atomic E-state index is 1.09. The SMILES string of the molecule is C=C/C(=C\C)CCc1ccc(C)cc1. The quantitative estimate of drug-likeness (QED) is 0.622. The Labute approximate surface area is 87.0 Å². The standard InChI is InChI=1S/C14H18/c1-4-13(5-2)10-11-14-8-6-12(3)7-9-14/h4-9H,1,10-11H2,2-3H3/b13-5+. The molecule has 0 heteroatoms. The molecule has 0 heterocycles. The fourth-order valence-corrected chi connectivity index (χ4v) is 1.41. The molecule has 0 saturated carbocycles. The van der Waals surface area contributed by atoms with Crippen LogP contribution in [0.5, 0.6) is 0 Å². The molecule has 0 unspecified atom stereocenters. The van der Waals surface area contributed by atoms with Gasteiger partial charge in [0.05, 0.1) is 0 Å². The Balaban J connectivity index is 2.53. The molecule has 0 spiro atoms. The first-order valence-corrected chi connectivity index (χ1v) is 5.09. The van der Waals surface area contributed by atoms with Crippen molar-refractivity contribution in [3.63, 3.8) is 0 Å². The van der Waals surface area contributed by atoms with E-state index in [1.165, 1.54) is 16.7 Å². The van der Waals surface area contributed by atoms with Gasteiger partial charge >= 0.3 is 0 Å². The summed E-state index contributed by atoms with van der Waals surface area (Å²) >= 11 is 0. The van der Waals surface area contributed by atoms with Crippen molar-refractivity contribution in [3.05, 3.63) is 59.7 Å². The number of allylic oxidation sites excluding steroid dienone is 3. The molecule has 0 radical (unpaired) electrons. The Morgan fingerprint density at radius 1 is 1.29 bits per heavy atom. The van der Waals surface area contributed by atoms with Gasteiger partial charge in [0.1, 0.15) is 0 Å². The van der Waals surface area contributed by atoms with Gasteiger partial charge in [0, 0.05) is 0 Å². The monoisotopic (exact) mass is 186 g/mol. The highest BCUT2D eigenvalue weighted by atomic mass is 14.0. The molecule has 0 fully saturated rings. The van der Waals surface area contributed by atoms with Gasteiger partial charge in [-0.15, -0.1) is 0 Å². The number of benzene rings is 1. The second-order valence-electron chi connectivity index (χ2n) is 3.55. The Morgan fingerprint density at radius 3 is 2.43 bits per heavy atom. The molecule has 0 aliphatic carbocycles. The van der Waals surface area contributed by atoms with Gasteiger partial charge in [-0.1, -0.05) is 54.1 Å². The lowest BCUT2D eigenvalue weighted by molar-refractivity contribution is 0.962. The van der Waals surface area contributed by atoms with Crippen molar-refractivity contribution in [2.75, 3.05) is 0 Å². The maximum Gasteiger partial charge on any atom is -0.0238 e. The van der Waals surface area contributed by atoms with Gasteiger partial charge in [0.15, 0.2) is 0 Å². The summed E-state index contributed by atoms with van der Waals surface area (Å²) < 4.78 is 0. The third kappa shape index (κ3) is 3.21. The molecule has 0 bridgehead atoms. The molecule has 1 rings (SSSR count). The lowest BCUT2D eigenvalue weighted by Crippen LogP contribution is -1.87. The summed E-state index contributed by atoms with van der Waals surface area (Å²) in [6.45, 7) is 7.97. The normalized spacial score (nSPS) is 11.4. The smallest absolute Gasteiger partial charge is 0.0238 e. The minimum atomic E-state index is 1.09. The minimum Gasteiger partial charge on any atom is -0.0988 e. The molecule has 0 aliphatic heterocycles. The van der Waals surface area contributed by atoms with Crippen molar-refractivity contribution in [1.29, 1.82) is 0 Å². The largest absolute Gasteiger partial charge is 0.0988 e. The van der Waals surface area contributed by atoms with E-state index in [1.807, 2.05) is 6.08 Å². The van der Waals surface area contributed by atoms with E-state index in [4.69, 9.17) is 0 Å².